The van der Waals surface area contributed by atoms with Crippen molar-refractivity contribution < 1.29 is 25.9 Å². The number of benzene rings is 2. The lowest BCUT2D eigenvalue weighted by Gasteiger charge is -2.07. The summed E-state index contributed by atoms with van der Waals surface area (Å²) in [6.45, 7) is 7.54. The first-order valence-corrected chi connectivity index (χ1v) is 10.4. The van der Waals surface area contributed by atoms with Crippen LogP contribution in [0.15, 0.2) is 48.5 Å². The van der Waals surface area contributed by atoms with Crippen molar-refractivity contribution in [2.75, 3.05) is 6.61 Å². The highest BCUT2D eigenvalue weighted by atomic mass is 127. The van der Waals surface area contributed by atoms with E-state index in [4.69, 9.17) is 4.74 Å². The van der Waals surface area contributed by atoms with E-state index in [9.17, 15) is 0 Å². The first kappa shape index (κ1) is 17.3. The van der Waals surface area contributed by atoms with Crippen molar-refractivity contribution in [3.8, 4) is 5.75 Å². The molecule has 2 aromatic carbocycles. The van der Waals surface area contributed by atoms with E-state index in [0.29, 0.717) is 5.92 Å². The van der Waals surface area contributed by atoms with Crippen LogP contribution < -0.4 is 25.9 Å². The van der Waals surface area contributed by atoms with E-state index in [1.165, 1.54) is 25.5 Å². The van der Waals surface area contributed by atoms with Crippen molar-refractivity contribution >= 4 is 0 Å². The molecule has 0 heterocycles. The molecule has 0 aliphatic rings. The van der Waals surface area contributed by atoms with Gasteiger partial charge in [-0.15, -0.1) is 0 Å². The molecular weight excluding hydrogens is 383 g/mol. The predicted octanol–water partition coefficient (Wildman–Crippen LogP) is 2.51. The van der Waals surface area contributed by atoms with Gasteiger partial charge in [-0.25, -0.2) is 0 Å². The molecule has 118 valence electrons. The van der Waals surface area contributed by atoms with E-state index in [1.54, 1.807) is 0 Å². The third kappa shape index (κ3) is 5.31. The van der Waals surface area contributed by atoms with Crippen molar-refractivity contribution in [3.05, 3.63) is 61.2 Å². The van der Waals surface area contributed by atoms with Crippen molar-refractivity contribution in [1.82, 2.24) is 0 Å². The van der Waals surface area contributed by atoms with E-state index < -0.39 is 0 Å². The molecule has 0 aromatic heterocycles. The van der Waals surface area contributed by atoms with Crippen LogP contribution in [0.4, 0.5) is 0 Å². The van der Waals surface area contributed by atoms with Gasteiger partial charge in [-0.3, -0.25) is 0 Å². The van der Waals surface area contributed by atoms with Gasteiger partial charge in [0.05, 0.1) is 6.61 Å². The highest BCUT2D eigenvalue weighted by Gasteiger charge is 2.15. The van der Waals surface area contributed by atoms with Crippen molar-refractivity contribution in [2.45, 2.75) is 46.0 Å². The van der Waals surface area contributed by atoms with Gasteiger partial charge in [0, 0.05) is 0 Å². The molecular formula is C20H26IO+. The average Bonchev–Trinajstić information content (AvgIpc) is 2.57. The molecule has 0 saturated heterocycles. The summed E-state index contributed by atoms with van der Waals surface area (Å²) in [7, 11) is 0. The maximum atomic E-state index is 5.72. The third-order valence-corrected chi connectivity index (χ3v) is 6.53. The third-order valence-electron chi connectivity index (χ3n) is 3.85. The molecule has 0 aliphatic heterocycles. The summed E-state index contributed by atoms with van der Waals surface area (Å²) in [6, 6.07) is 17.9. The largest absolute Gasteiger partial charge is 0.494 e. The maximum absolute atomic E-state index is 5.72. The van der Waals surface area contributed by atoms with Gasteiger partial charge < -0.3 is 4.74 Å². The Morgan fingerprint density at radius 2 is 1.50 bits per heavy atom. The molecule has 2 heteroatoms. The quantitative estimate of drug-likeness (QED) is 0.481. The van der Waals surface area contributed by atoms with Gasteiger partial charge in [-0.05, 0) is 60.7 Å². The van der Waals surface area contributed by atoms with E-state index >= 15 is 0 Å². The lowest BCUT2D eigenvalue weighted by molar-refractivity contribution is -0.597. The SMILES string of the molecule is CCCCOc1ccc([I+]c2ccc(C(C)CC)cc2)cc1. The van der Waals surface area contributed by atoms with Crippen LogP contribution in [0.2, 0.25) is 0 Å². The number of halogens is 1. The number of hydrogen-bond donors (Lipinski definition) is 0. The van der Waals surface area contributed by atoms with Crippen molar-refractivity contribution in [2.24, 2.45) is 0 Å². The summed E-state index contributed by atoms with van der Waals surface area (Å²) >= 11 is -0.0936. The molecule has 0 fully saturated rings. The van der Waals surface area contributed by atoms with Crippen LogP contribution in [-0.2, 0) is 0 Å². The molecule has 0 spiro atoms. The van der Waals surface area contributed by atoms with Crippen LogP contribution in [0.5, 0.6) is 5.75 Å². The summed E-state index contributed by atoms with van der Waals surface area (Å²) in [5, 5.41) is 0. The zero-order valence-corrected chi connectivity index (χ0v) is 16.0. The second-order valence-electron chi connectivity index (χ2n) is 5.61. The number of rotatable bonds is 8. The van der Waals surface area contributed by atoms with Crippen molar-refractivity contribution in [3.63, 3.8) is 0 Å². The lowest BCUT2D eigenvalue weighted by atomic mass is 9.99. The Kier molecular flexibility index (Phi) is 7.23. The smallest absolute Gasteiger partial charge is 0.357 e. The van der Waals surface area contributed by atoms with E-state index in [2.05, 4.69) is 69.3 Å². The zero-order valence-electron chi connectivity index (χ0n) is 13.8. The highest BCUT2D eigenvalue weighted by molar-refractivity contribution is 5.21. The molecule has 0 saturated carbocycles. The minimum Gasteiger partial charge on any atom is -0.494 e. The highest BCUT2D eigenvalue weighted by Crippen LogP contribution is 2.17. The fraction of sp³-hybridized carbons (Fsp3) is 0.400. The molecule has 0 radical (unpaired) electrons. The van der Waals surface area contributed by atoms with Gasteiger partial charge in [-0.1, -0.05) is 39.3 Å². The summed E-state index contributed by atoms with van der Waals surface area (Å²) in [4.78, 5) is 0. The molecule has 0 amide bonds. The van der Waals surface area contributed by atoms with Crippen LogP contribution in [0.25, 0.3) is 0 Å². The predicted molar refractivity (Wildman–Crippen MR) is 89.4 cm³/mol. The number of ether oxygens (including phenoxy) is 1. The maximum Gasteiger partial charge on any atom is 0.357 e. The fourth-order valence-corrected chi connectivity index (χ4v) is 4.30. The summed E-state index contributed by atoms with van der Waals surface area (Å²) in [6.07, 6.45) is 3.50. The van der Waals surface area contributed by atoms with Gasteiger partial charge in [-0.2, -0.15) is 0 Å². The van der Waals surface area contributed by atoms with Crippen LogP contribution in [-0.4, -0.2) is 6.61 Å². The molecule has 1 unspecified atom stereocenters. The Balaban J connectivity index is 1.93. The fourth-order valence-electron chi connectivity index (χ4n) is 2.14. The van der Waals surface area contributed by atoms with Gasteiger partial charge in [0.15, 0.2) is 7.14 Å². The molecule has 2 rings (SSSR count). The van der Waals surface area contributed by atoms with E-state index in [1.807, 2.05) is 0 Å². The standard InChI is InChI=1S/C20H26IO/c1-4-6-15-22-20-13-11-19(12-14-20)21-18-9-7-17(8-10-18)16(3)5-2/h7-14,16H,4-6,15H2,1-3H3/q+1. The summed E-state index contributed by atoms with van der Waals surface area (Å²) in [5.74, 6) is 1.65. The molecule has 1 nitrogen and oxygen atoms in total. The summed E-state index contributed by atoms with van der Waals surface area (Å²) in [5.41, 5.74) is 1.45. The molecule has 22 heavy (non-hydrogen) atoms. The Bertz CT molecular complexity index is 545. The first-order chi connectivity index (χ1) is 10.7. The molecule has 2 aromatic rings. The molecule has 0 aliphatic carbocycles. The van der Waals surface area contributed by atoms with Crippen LogP contribution >= 0.6 is 0 Å². The van der Waals surface area contributed by atoms with Crippen molar-refractivity contribution in [1.29, 1.82) is 0 Å². The van der Waals surface area contributed by atoms with Crippen LogP contribution in [0.1, 0.15) is 51.5 Å². The summed E-state index contributed by atoms with van der Waals surface area (Å²) < 4.78 is 8.64. The Morgan fingerprint density at radius 1 is 0.909 bits per heavy atom. The zero-order chi connectivity index (χ0) is 15.8. The first-order valence-electron chi connectivity index (χ1n) is 8.20. The monoisotopic (exact) mass is 409 g/mol. The van der Waals surface area contributed by atoms with Crippen LogP contribution in [0, 0.1) is 7.14 Å². The topological polar surface area (TPSA) is 9.23 Å². The number of hydrogen-bond acceptors (Lipinski definition) is 1. The minimum absolute atomic E-state index is 0.0936. The molecule has 0 bridgehead atoms. The van der Waals surface area contributed by atoms with Gasteiger partial charge >= 0.3 is 21.2 Å². The van der Waals surface area contributed by atoms with Gasteiger partial charge in [0.1, 0.15) is 5.75 Å². The minimum atomic E-state index is -0.0936. The normalized spacial score (nSPS) is 12.1. The van der Waals surface area contributed by atoms with Gasteiger partial charge in [0.25, 0.3) is 0 Å². The molecule has 1 atom stereocenters. The Labute approximate surface area is 145 Å². The lowest BCUT2D eigenvalue weighted by Crippen LogP contribution is -3.61. The van der Waals surface area contributed by atoms with E-state index in [0.717, 1.165) is 18.8 Å². The van der Waals surface area contributed by atoms with Gasteiger partial charge in [0.2, 0.25) is 0 Å². The van der Waals surface area contributed by atoms with E-state index in [-0.39, 0.29) is 21.2 Å². The Morgan fingerprint density at radius 3 is 2.05 bits per heavy atom. The van der Waals surface area contributed by atoms with Crippen LogP contribution in [0.3, 0.4) is 0 Å². The average molecular weight is 409 g/mol. The second kappa shape index (κ2) is 9.19. The number of unbranched alkanes of at least 4 members (excludes halogenated alkanes) is 1. The Hall–Kier alpha value is -1.03. The second-order valence-corrected chi connectivity index (χ2v) is 8.64. The molecule has 0 N–H and O–H groups in total.